The molecule has 1 unspecified atom stereocenters. The number of nitrogens with one attached hydrogen (secondary N) is 1. The standard InChI is InChI=1S/C14H16N2O3/c1-9(8-17)7-15-13-6-11(14(18)19)10-4-2-3-5-12(10)16-13/h2-6,9,17H,7-8H2,1H3,(H,15,16)(H,18,19). The van der Waals surface area contributed by atoms with Crippen molar-refractivity contribution in [2.45, 2.75) is 6.92 Å². The van der Waals surface area contributed by atoms with Gasteiger partial charge in [-0.15, -0.1) is 0 Å². The number of benzene rings is 1. The molecule has 1 atom stereocenters. The summed E-state index contributed by atoms with van der Waals surface area (Å²) in [7, 11) is 0. The lowest BCUT2D eigenvalue weighted by molar-refractivity contribution is 0.0699. The maximum Gasteiger partial charge on any atom is 0.336 e. The molecule has 5 nitrogen and oxygen atoms in total. The summed E-state index contributed by atoms with van der Waals surface area (Å²) in [6, 6.07) is 8.65. The van der Waals surface area contributed by atoms with Crippen LogP contribution in [0.1, 0.15) is 17.3 Å². The van der Waals surface area contributed by atoms with Gasteiger partial charge in [0.05, 0.1) is 11.1 Å². The van der Waals surface area contributed by atoms with Crippen LogP contribution in [0.3, 0.4) is 0 Å². The minimum Gasteiger partial charge on any atom is -0.478 e. The summed E-state index contributed by atoms with van der Waals surface area (Å²) < 4.78 is 0. The van der Waals surface area contributed by atoms with Crippen LogP contribution in [0, 0.1) is 5.92 Å². The lowest BCUT2D eigenvalue weighted by Crippen LogP contribution is -2.15. The van der Waals surface area contributed by atoms with E-state index >= 15 is 0 Å². The molecule has 0 bridgehead atoms. The molecule has 2 aromatic rings. The summed E-state index contributed by atoms with van der Waals surface area (Å²) in [5, 5.41) is 21.9. The number of carbonyl (C=O) groups is 1. The molecule has 0 aliphatic rings. The number of aliphatic hydroxyl groups excluding tert-OH is 1. The Morgan fingerprint density at radius 2 is 2.16 bits per heavy atom. The van der Waals surface area contributed by atoms with Crippen LogP contribution < -0.4 is 5.32 Å². The Labute approximate surface area is 110 Å². The van der Waals surface area contributed by atoms with Crippen molar-refractivity contribution in [3.05, 3.63) is 35.9 Å². The Bertz CT molecular complexity index is 598. The number of pyridine rings is 1. The molecule has 0 aliphatic carbocycles. The zero-order valence-electron chi connectivity index (χ0n) is 10.6. The molecule has 2 rings (SSSR count). The van der Waals surface area contributed by atoms with Crippen LogP contribution in [0.25, 0.3) is 10.9 Å². The summed E-state index contributed by atoms with van der Waals surface area (Å²) in [5.74, 6) is -0.380. The number of hydrogen-bond acceptors (Lipinski definition) is 4. The summed E-state index contributed by atoms with van der Waals surface area (Å²) in [4.78, 5) is 15.6. The number of nitrogens with zero attached hydrogens (tertiary/aromatic N) is 1. The zero-order chi connectivity index (χ0) is 13.8. The third-order valence-electron chi connectivity index (χ3n) is 2.89. The highest BCUT2D eigenvalue weighted by Gasteiger charge is 2.11. The third kappa shape index (κ3) is 3.00. The monoisotopic (exact) mass is 260 g/mol. The molecule has 0 saturated heterocycles. The minimum atomic E-state index is -0.975. The van der Waals surface area contributed by atoms with Gasteiger partial charge in [0.25, 0.3) is 0 Å². The van der Waals surface area contributed by atoms with E-state index in [1.807, 2.05) is 13.0 Å². The van der Waals surface area contributed by atoms with E-state index in [0.29, 0.717) is 23.3 Å². The van der Waals surface area contributed by atoms with Gasteiger partial charge in [0.15, 0.2) is 0 Å². The van der Waals surface area contributed by atoms with Crippen LogP contribution >= 0.6 is 0 Å². The highest BCUT2D eigenvalue weighted by molar-refractivity contribution is 6.03. The fourth-order valence-corrected chi connectivity index (χ4v) is 1.79. The zero-order valence-corrected chi connectivity index (χ0v) is 10.6. The Balaban J connectivity index is 2.38. The molecule has 0 amide bonds. The fourth-order valence-electron chi connectivity index (χ4n) is 1.79. The first-order valence-electron chi connectivity index (χ1n) is 6.09. The first-order valence-corrected chi connectivity index (χ1v) is 6.09. The molecule has 1 heterocycles. The predicted molar refractivity (Wildman–Crippen MR) is 73.4 cm³/mol. The quantitative estimate of drug-likeness (QED) is 0.765. The maximum absolute atomic E-state index is 11.3. The Hall–Kier alpha value is -2.14. The van der Waals surface area contributed by atoms with Crippen molar-refractivity contribution in [3.8, 4) is 0 Å². The van der Waals surface area contributed by atoms with Crippen LogP contribution in [0.2, 0.25) is 0 Å². The molecule has 0 spiro atoms. The molecule has 19 heavy (non-hydrogen) atoms. The number of aliphatic hydroxyl groups is 1. The number of rotatable bonds is 5. The average Bonchev–Trinajstić information content (AvgIpc) is 2.43. The van der Waals surface area contributed by atoms with Crippen LogP contribution in [0.4, 0.5) is 5.82 Å². The number of anilines is 1. The highest BCUT2D eigenvalue weighted by Crippen LogP contribution is 2.20. The van der Waals surface area contributed by atoms with Crippen molar-refractivity contribution >= 4 is 22.7 Å². The second kappa shape index (κ2) is 5.67. The molecule has 3 N–H and O–H groups in total. The van der Waals surface area contributed by atoms with Crippen LogP contribution in [0.5, 0.6) is 0 Å². The second-order valence-electron chi connectivity index (χ2n) is 4.55. The number of aromatic nitrogens is 1. The normalized spacial score (nSPS) is 12.3. The van der Waals surface area contributed by atoms with Crippen LogP contribution in [0.15, 0.2) is 30.3 Å². The summed E-state index contributed by atoms with van der Waals surface area (Å²) in [6.45, 7) is 2.51. The van der Waals surface area contributed by atoms with E-state index in [2.05, 4.69) is 10.3 Å². The van der Waals surface area contributed by atoms with E-state index in [0.717, 1.165) is 0 Å². The van der Waals surface area contributed by atoms with Gasteiger partial charge in [0, 0.05) is 18.5 Å². The Morgan fingerprint density at radius 1 is 1.42 bits per heavy atom. The molecule has 0 fully saturated rings. The third-order valence-corrected chi connectivity index (χ3v) is 2.89. The van der Waals surface area contributed by atoms with Crippen molar-refractivity contribution in [1.29, 1.82) is 0 Å². The maximum atomic E-state index is 11.3. The van der Waals surface area contributed by atoms with E-state index in [-0.39, 0.29) is 18.1 Å². The first-order chi connectivity index (χ1) is 9.11. The molecule has 0 saturated carbocycles. The van der Waals surface area contributed by atoms with Crippen molar-refractivity contribution in [2.24, 2.45) is 5.92 Å². The van der Waals surface area contributed by atoms with Crippen molar-refractivity contribution in [3.63, 3.8) is 0 Å². The minimum absolute atomic E-state index is 0.0758. The number of fused-ring (bicyclic) bond motifs is 1. The van der Waals surface area contributed by atoms with Gasteiger partial charge in [0.2, 0.25) is 0 Å². The molecule has 0 aliphatic heterocycles. The van der Waals surface area contributed by atoms with Crippen LogP contribution in [-0.4, -0.2) is 34.3 Å². The number of aromatic carboxylic acids is 1. The number of hydrogen-bond donors (Lipinski definition) is 3. The predicted octanol–water partition coefficient (Wildman–Crippen LogP) is 1.97. The van der Waals surface area contributed by atoms with Gasteiger partial charge in [-0.05, 0) is 18.1 Å². The Morgan fingerprint density at radius 3 is 2.84 bits per heavy atom. The number of carboxylic acids is 1. The first kappa shape index (κ1) is 13.3. The Kier molecular flexibility index (Phi) is 3.97. The lowest BCUT2D eigenvalue weighted by atomic mass is 10.1. The van der Waals surface area contributed by atoms with Crippen molar-refractivity contribution in [1.82, 2.24) is 4.98 Å². The van der Waals surface area contributed by atoms with E-state index in [1.165, 1.54) is 6.07 Å². The van der Waals surface area contributed by atoms with E-state index in [4.69, 9.17) is 5.11 Å². The summed E-state index contributed by atoms with van der Waals surface area (Å²) in [5.41, 5.74) is 0.867. The molecule has 1 aromatic heterocycles. The van der Waals surface area contributed by atoms with Gasteiger partial charge >= 0.3 is 5.97 Å². The van der Waals surface area contributed by atoms with Gasteiger partial charge in [-0.3, -0.25) is 0 Å². The van der Waals surface area contributed by atoms with Gasteiger partial charge in [-0.25, -0.2) is 9.78 Å². The highest BCUT2D eigenvalue weighted by atomic mass is 16.4. The number of carboxylic acid groups (broad SMARTS) is 1. The van der Waals surface area contributed by atoms with Gasteiger partial charge in [-0.1, -0.05) is 25.1 Å². The van der Waals surface area contributed by atoms with Gasteiger partial charge in [-0.2, -0.15) is 0 Å². The molecular formula is C14H16N2O3. The van der Waals surface area contributed by atoms with Gasteiger partial charge < -0.3 is 15.5 Å². The molecule has 5 heteroatoms. The molecular weight excluding hydrogens is 244 g/mol. The largest absolute Gasteiger partial charge is 0.478 e. The smallest absolute Gasteiger partial charge is 0.336 e. The van der Waals surface area contributed by atoms with E-state index in [9.17, 15) is 9.90 Å². The molecule has 100 valence electrons. The van der Waals surface area contributed by atoms with Crippen LogP contribution in [-0.2, 0) is 0 Å². The second-order valence-corrected chi connectivity index (χ2v) is 4.55. The van der Waals surface area contributed by atoms with E-state index < -0.39 is 5.97 Å². The topological polar surface area (TPSA) is 82.5 Å². The van der Waals surface area contributed by atoms with Crippen molar-refractivity contribution < 1.29 is 15.0 Å². The average molecular weight is 260 g/mol. The molecule has 0 radical (unpaired) electrons. The summed E-state index contributed by atoms with van der Waals surface area (Å²) in [6.07, 6.45) is 0. The molecule has 1 aromatic carbocycles. The van der Waals surface area contributed by atoms with E-state index in [1.54, 1.807) is 18.2 Å². The summed E-state index contributed by atoms with van der Waals surface area (Å²) >= 11 is 0. The van der Waals surface area contributed by atoms with Crippen molar-refractivity contribution in [2.75, 3.05) is 18.5 Å². The fraction of sp³-hybridized carbons (Fsp3) is 0.286. The lowest BCUT2D eigenvalue weighted by Gasteiger charge is -2.12. The van der Waals surface area contributed by atoms with Gasteiger partial charge in [0.1, 0.15) is 5.82 Å². The SMILES string of the molecule is CC(CO)CNc1cc(C(=O)O)c2ccccc2n1. The number of para-hydroxylation sites is 1.